The predicted molar refractivity (Wildman–Crippen MR) is 88.4 cm³/mol. The second kappa shape index (κ2) is 7.96. The van der Waals surface area contributed by atoms with Crippen molar-refractivity contribution in [2.45, 2.75) is 32.9 Å². The highest BCUT2D eigenvalue weighted by atomic mass is 16.5. The number of likely N-dealkylation sites (N-methyl/N-ethyl adjacent to an activating group) is 1. The van der Waals surface area contributed by atoms with Crippen LogP contribution in [0.4, 0.5) is 0 Å². The third-order valence-corrected chi connectivity index (χ3v) is 3.72. The molecule has 2 nitrogen and oxygen atoms in total. The van der Waals surface area contributed by atoms with Crippen LogP contribution in [0, 0.1) is 6.92 Å². The van der Waals surface area contributed by atoms with Crippen LogP contribution in [0.2, 0.25) is 0 Å². The van der Waals surface area contributed by atoms with E-state index in [1.165, 1.54) is 16.7 Å². The van der Waals surface area contributed by atoms with Crippen LogP contribution in [-0.2, 0) is 4.74 Å². The highest BCUT2D eigenvalue weighted by Gasteiger charge is 2.25. The summed E-state index contributed by atoms with van der Waals surface area (Å²) in [7, 11) is 0. The van der Waals surface area contributed by atoms with Gasteiger partial charge < -0.3 is 10.1 Å². The first kappa shape index (κ1) is 15.7. The Balaban J connectivity index is 2.40. The van der Waals surface area contributed by atoms with Crippen molar-refractivity contribution in [2.24, 2.45) is 0 Å². The first-order valence-corrected chi connectivity index (χ1v) is 7.73. The van der Waals surface area contributed by atoms with Crippen molar-refractivity contribution in [2.75, 3.05) is 13.2 Å². The van der Waals surface area contributed by atoms with Crippen LogP contribution in [0.25, 0.3) is 0 Å². The fourth-order valence-corrected chi connectivity index (χ4v) is 2.74. The predicted octanol–water partition coefficient (Wildman–Crippen LogP) is 4.42. The zero-order valence-corrected chi connectivity index (χ0v) is 13.2. The molecule has 2 rings (SSSR count). The summed E-state index contributed by atoms with van der Waals surface area (Å²) in [5.74, 6) is 0. The lowest BCUT2D eigenvalue weighted by Gasteiger charge is -2.29. The van der Waals surface area contributed by atoms with Gasteiger partial charge in [0, 0.05) is 6.61 Å². The fourth-order valence-electron chi connectivity index (χ4n) is 2.74. The van der Waals surface area contributed by atoms with E-state index in [0.717, 1.165) is 6.54 Å². The minimum absolute atomic E-state index is 0.0252. The summed E-state index contributed by atoms with van der Waals surface area (Å²) in [6.07, 6.45) is 0.0252. The van der Waals surface area contributed by atoms with Crippen molar-refractivity contribution in [1.82, 2.24) is 5.32 Å². The molecule has 21 heavy (non-hydrogen) atoms. The SMILES string of the molecule is CCNC(c1ccccc1C)C(OCC)c1ccccc1. The Labute approximate surface area is 128 Å². The van der Waals surface area contributed by atoms with Gasteiger partial charge in [-0.2, -0.15) is 0 Å². The molecule has 2 aromatic rings. The summed E-state index contributed by atoms with van der Waals surface area (Å²) in [6, 6.07) is 19.2. The molecule has 0 fully saturated rings. The Kier molecular flexibility index (Phi) is 5.97. The van der Waals surface area contributed by atoms with Gasteiger partial charge >= 0.3 is 0 Å². The van der Waals surface area contributed by atoms with Crippen LogP contribution in [0.5, 0.6) is 0 Å². The van der Waals surface area contributed by atoms with Crippen LogP contribution in [0.1, 0.15) is 42.7 Å². The first-order chi connectivity index (χ1) is 10.3. The Morgan fingerprint density at radius 3 is 2.24 bits per heavy atom. The van der Waals surface area contributed by atoms with Gasteiger partial charge in [-0.25, -0.2) is 0 Å². The van der Waals surface area contributed by atoms with E-state index in [-0.39, 0.29) is 12.1 Å². The maximum atomic E-state index is 6.09. The van der Waals surface area contributed by atoms with E-state index >= 15 is 0 Å². The second-order valence-electron chi connectivity index (χ2n) is 5.18. The summed E-state index contributed by atoms with van der Waals surface area (Å²) in [6.45, 7) is 7.96. The van der Waals surface area contributed by atoms with Crippen molar-refractivity contribution in [3.05, 3.63) is 71.3 Å². The highest BCUT2D eigenvalue weighted by Crippen LogP contribution is 2.33. The Bertz CT molecular complexity index is 538. The lowest BCUT2D eigenvalue weighted by atomic mass is 9.92. The van der Waals surface area contributed by atoms with E-state index in [1.54, 1.807) is 0 Å². The van der Waals surface area contributed by atoms with Crippen molar-refractivity contribution >= 4 is 0 Å². The Morgan fingerprint density at radius 2 is 1.62 bits per heavy atom. The monoisotopic (exact) mass is 283 g/mol. The summed E-state index contributed by atoms with van der Waals surface area (Å²) in [4.78, 5) is 0. The molecular weight excluding hydrogens is 258 g/mol. The van der Waals surface area contributed by atoms with E-state index in [1.807, 2.05) is 6.07 Å². The van der Waals surface area contributed by atoms with Crippen molar-refractivity contribution in [3.63, 3.8) is 0 Å². The van der Waals surface area contributed by atoms with Gasteiger partial charge in [-0.3, -0.25) is 0 Å². The molecule has 0 aliphatic heterocycles. The van der Waals surface area contributed by atoms with Crippen molar-refractivity contribution < 1.29 is 4.74 Å². The summed E-state index contributed by atoms with van der Waals surface area (Å²) in [5, 5.41) is 3.60. The molecule has 0 saturated heterocycles. The number of ether oxygens (including phenoxy) is 1. The van der Waals surface area contributed by atoms with Crippen LogP contribution < -0.4 is 5.32 Å². The number of rotatable bonds is 7. The van der Waals surface area contributed by atoms with Gasteiger partial charge in [-0.15, -0.1) is 0 Å². The van der Waals surface area contributed by atoms with Gasteiger partial charge in [-0.05, 0) is 37.1 Å². The summed E-state index contributed by atoms with van der Waals surface area (Å²) >= 11 is 0. The van der Waals surface area contributed by atoms with Crippen LogP contribution >= 0.6 is 0 Å². The molecule has 0 aliphatic carbocycles. The quantitative estimate of drug-likeness (QED) is 0.812. The number of hydrogen-bond acceptors (Lipinski definition) is 2. The molecule has 0 bridgehead atoms. The minimum Gasteiger partial charge on any atom is -0.372 e. The topological polar surface area (TPSA) is 21.3 Å². The molecule has 2 unspecified atom stereocenters. The normalized spacial score (nSPS) is 13.9. The highest BCUT2D eigenvalue weighted by molar-refractivity contribution is 5.32. The van der Waals surface area contributed by atoms with Gasteiger partial charge in [0.1, 0.15) is 6.10 Å². The van der Waals surface area contributed by atoms with Gasteiger partial charge in [0.05, 0.1) is 6.04 Å². The largest absolute Gasteiger partial charge is 0.372 e. The second-order valence-corrected chi connectivity index (χ2v) is 5.18. The molecular formula is C19H25NO. The average Bonchev–Trinajstić information content (AvgIpc) is 2.52. The minimum atomic E-state index is 0.0252. The smallest absolute Gasteiger partial charge is 0.102 e. The van der Waals surface area contributed by atoms with Crippen molar-refractivity contribution in [3.8, 4) is 0 Å². The summed E-state index contributed by atoms with van der Waals surface area (Å²) in [5.41, 5.74) is 3.82. The summed E-state index contributed by atoms with van der Waals surface area (Å²) < 4.78 is 6.09. The Hall–Kier alpha value is -1.64. The molecule has 0 spiro atoms. The molecule has 2 atom stereocenters. The first-order valence-electron chi connectivity index (χ1n) is 7.73. The van der Waals surface area contributed by atoms with E-state index in [9.17, 15) is 0 Å². The molecule has 0 radical (unpaired) electrons. The van der Waals surface area contributed by atoms with Gasteiger partial charge in [0.2, 0.25) is 0 Å². The number of aryl methyl sites for hydroxylation is 1. The molecule has 0 aromatic heterocycles. The van der Waals surface area contributed by atoms with Gasteiger partial charge in [0.15, 0.2) is 0 Å². The van der Waals surface area contributed by atoms with E-state index in [0.29, 0.717) is 6.61 Å². The maximum absolute atomic E-state index is 6.09. The van der Waals surface area contributed by atoms with E-state index < -0.39 is 0 Å². The molecule has 2 heteroatoms. The molecule has 0 amide bonds. The van der Waals surface area contributed by atoms with E-state index in [2.05, 4.69) is 74.6 Å². The zero-order valence-electron chi connectivity index (χ0n) is 13.2. The molecule has 0 aliphatic rings. The average molecular weight is 283 g/mol. The standard InChI is InChI=1S/C19H25NO/c1-4-20-18(17-14-10-9-11-15(17)3)19(21-5-2)16-12-7-6-8-13-16/h6-14,18-20H,4-5H2,1-3H3. The molecule has 112 valence electrons. The maximum Gasteiger partial charge on any atom is 0.102 e. The van der Waals surface area contributed by atoms with Gasteiger partial charge in [0.25, 0.3) is 0 Å². The molecule has 0 heterocycles. The lowest BCUT2D eigenvalue weighted by Crippen LogP contribution is -2.29. The van der Waals surface area contributed by atoms with Crippen LogP contribution in [0.3, 0.4) is 0 Å². The Morgan fingerprint density at radius 1 is 0.952 bits per heavy atom. The van der Waals surface area contributed by atoms with Gasteiger partial charge in [-0.1, -0.05) is 61.5 Å². The fraction of sp³-hybridized carbons (Fsp3) is 0.368. The third-order valence-electron chi connectivity index (χ3n) is 3.72. The van der Waals surface area contributed by atoms with Crippen molar-refractivity contribution in [1.29, 1.82) is 0 Å². The van der Waals surface area contributed by atoms with Crippen LogP contribution in [-0.4, -0.2) is 13.2 Å². The number of hydrogen-bond donors (Lipinski definition) is 1. The zero-order chi connectivity index (χ0) is 15.1. The third kappa shape index (κ3) is 3.93. The van der Waals surface area contributed by atoms with Crippen LogP contribution in [0.15, 0.2) is 54.6 Å². The number of nitrogens with one attached hydrogen (secondary N) is 1. The molecule has 1 N–H and O–H groups in total. The number of benzene rings is 2. The van der Waals surface area contributed by atoms with E-state index in [4.69, 9.17) is 4.74 Å². The lowest BCUT2D eigenvalue weighted by molar-refractivity contribution is 0.0329. The molecule has 2 aromatic carbocycles. The molecule has 0 saturated carbocycles.